The first-order chi connectivity index (χ1) is 19.8. The number of hydrogen-bond acceptors (Lipinski definition) is 8. The molecular weight excluding hydrogens is 526 g/mol. The molecule has 9 heteroatoms. The van der Waals surface area contributed by atoms with Crippen LogP contribution in [0.2, 0.25) is 0 Å². The van der Waals surface area contributed by atoms with Crippen molar-refractivity contribution in [1.82, 2.24) is 5.32 Å². The molecule has 0 saturated carbocycles. The largest absolute Gasteiger partial charge is 0.394 e. The van der Waals surface area contributed by atoms with E-state index in [9.17, 15) is 30.3 Å². The maximum atomic E-state index is 12.7. The Bertz CT molecular complexity index is 662. The maximum Gasteiger partial charge on any atom is 0.220 e. The van der Waals surface area contributed by atoms with Crippen molar-refractivity contribution in [2.75, 3.05) is 13.2 Å². The molecule has 0 radical (unpaired) electrons. The molecule has 0 aliphatic carbocycles. The quantitative estimate of drug-likeness (QED) is 0.0685. The first-order valence-electron chi connectivity index (χ1n) is 16.4. The van der Waals surface area contributed by atoms with Gasteiger partial charge in [-0.1, -0.05) is 116 Å². The van der Waals surface area contributed by atoms with Crippen molar-refractivity contribution in [3.05, 3.63) is 12.2 Å². The Morgan fingerprint density at radius 2 is 1.34 bits per heavy atom. The van der Waals surface area contributed by atoms with E-state index in [-0.39, 0.29) is 12.5 Å². The summed E-state index contributed by atoms with van der Waals surface area (Å²) in [6.45, 7) is 3.66. The highest BCUT2D eigenvalue weighted by atomic mass is 16.7. The van der Waals surface area contributed by atoms with Gasteiger partial charge in [-0.15, -0.1) is 0 Å². The first-order valence-corrected chi connectivity index (χ1v) is 16.4. The van der Waals surface area contributed by atoms with Gasteiger partial charge in [-0.25, -0.2) is 0 Å². The van der Waals surface area contributed by atoms with E-state index in [1.165, 1.54) is 70.6 Å². The summed E-state index contributed by atoms with van der Waals surface area (Å²) in [7, 11) is 0. The van der Waals surface area contributed by atoms with Crippen LogP contribution in [0.5, 0.6) is 0 Å². The number of carbonyl (C=O) groups is 1. The van der Waals surface area contributed by atoms with E-state index in [0.29, 0.717) is 6.42 Å². The van der Waals surface area contributed by atoms with E-state index in [4.69, 9.17) is 9.47 Å². The van der Waals surface area contributed by atoms with Crippen molar-refractivity contribution in [2.24, 2.45) is 0 Å². The number of aliphatic hydroxyl groups is 5. The molecule has 0 aromatic heterocycles. The summed E-state index contributed by atoms with van der Waals surface area (Å²) in [5.41, 5.74) is 0. The number of unbranched alkanes of at least 4 members (excludes halogenated alkanes) is 15. The van der Waals surface area contributed by atoms with E-state index < -0.39 is 49.5 Å². The normalized spacial score (nSPS) is 24.5. The lowest BCUT2D eigenvalue weighted by molar-refractivity contribution is -0.302. The average molecular weight is 588 g/mol. The zero-order valence-corrected chi connectivity index (χ0v) is 25.8. The third-order valence-electron chi connectivity index (χ3n) is 7.86. The Hall–Kier alpha value is -1.07. The molecule has 41 heavy (non-hydrogen) atoms. The van der Waals surface area contributed by atoms with Crippen LogP contribution < -0.4 is 5.32 Å². The summed E-state index contributed by atoms with van der Waals surface area (Å²) >= 11 is 0. The fourth-order valence-corrected chi connectivity index (χ4v) is 5.09. The second-order valence-electron chi connectivity index (χ2n) is 11.6. The van der Waals surface area contributed by atoms with Crippen LogP contribution in [0.4, 0.5) is 0 Å². The lowest BCUT2D eigenvalue weighted by atomic mass is 9.99. The monoisotopic (exact) mass is 587 g/mol. The van der Waals surface area contributed by atoms with E-state index in [0.717, 1.165) is 38.5 Å². The van der Waals surface area contributed by atoms with E-state index >= 15 is 0 Å². The second kappa shape index (κ2) is 24.4. The van der Waals surface area contributed by atoms with Crippen molar-refractivity contribution in [2.45, 2.75) is 172 Å². The topological polar surface area (TPSA) is 149 Å². The first kappa shape index (κ1) is 38.0. The predicted molar refractivity (Wildman–Crippen MR) is 161 cm³/mol. The number of carbonyl (C=O) groups excluding carboxylic acids is 1. The van der Waals surface area contributed by atoms with E-state index in [2.05, 4.69) is 19.2 Å². The molecule has 1 rings (SSSR count). The summed E-state index contributed by atoms with van der Waals surface area (Å²) in [5.74, 6) is -0.188. The third kappa shape index (κ3) is 17.0. The Morgan fingerprint density at radius 1 is 0.805 bits per heavy atom. The minimum atomic E-state index is -1.56. The molecule has 0 bridgehead atoms. The lowest BCUT2D eigenvalue weighted by Gasteiger charge is -2.40. The molecule has 0 aromatic carbocycles. The highest BCUT2D eigenvalue weighted by Gasteiger charge is 2.44. The van der Waals surface area contributed by atoms with Crippen LogP contribution in [0.1, 0.15) is 129 Å². The molecule has 0 spiro atoms. The predicted octanol–water partition coefficient (Wildman–Crippen LogP) is 4.27. The summed E-state index contributed by atoms with van der Waals surface area (Å²) < 4.78 is 11.1. The molecule has 0 aromatic rings. The summed E-state index contributed by atoms with van der Waals surface area (Å²) in [4.78, 5) is 12.7. The number of hydrogen-bond donors (Lipinski definition) is 6. The molecule has 7 unspecified atom stereocenters. The van der Waals surface area contributed by atoms with Gasteiger partial charge in [-0.2, -0.15) is 0 Å². The summed E-state index contributed by atoms with van der Waals surface area (Å²) in [6, 6.07) is -0.793. The molecule has 9 nitrogen and oxygen atoms in total. The minimum absolute atomic E-state index is 0.186. The Kier molecular flexibility index (Phi) is 22.6. The molecule has 7 atom stereocenters. The van der Waals surface area contributed by atoms with Crippen LogP contribution in [-0.2, 0) is 14.3 Å². The van der Waals surface area contributed by atoms with Crippen molar-refractivity contribution < 1.29 is 39.8 Å². The number of rotatable bonds is 25. The number of aliphatic hydroxyl groups excluding tert-OH is 5. The number of ether oxygens (including phenoxy) is 2. The summed E-state index contributed by atoms with van der Waals surface area (Å²) in [5, 5.41) is 53.5. The van der Waals surface area contributed by atoms with E-state index in [1.54, 1.807) is 6.08 Å². The molecule has 242 valence electrons. The van der Waals surface area contributed by atoms with Crippen LogP contribution in [-0.4, -0.2) is 87.5 Å². The standard InChI is InChI=1S/C32H61NO8/c1-3-5-7-9-11-12-13-14-16-17-19-21-26(35)25(33-28(36)22-20-18-15-10-8-6-4-2)24-40-32-31(39)30(38)29(37)27(23-34)41-32/h19,21,25-27,29-32,34-35,37-39H,3-18,20,22-24H2,1-2H3,(H,33,36)/b21-19+. The zero-order chi connectivity index (χ0) is 30.3. The van der Waals surface area contributed by atoms with Crippen molar-refractivity contribution in [3.8, 4) is 0 Å². The minimum Gasteiger partial charge on any atom is -0.394 e. The fourth-order valence-electron chi connectivity index (χ4n) is 5.09. The van der Waals surface area contributed by atoms with Crippen LogP contribution in [0.25, 0.3) is 0 Å². The molecule has 1 aliphatic heterocycles. The van der Waals surface area contributed by atoms with Gasteiger partial charge in [0, 0.05) is 6.42 Å². The van der Waals surface area contributed by atoms with Gasteiger partial charge in [0.05, 0.1) is 25.4 Å². The van der Waals surface area contributed by atoms with Crippen LogP contribution >= 0.6 is 0 Å². The highest BCUT2D eigenvalue weighted by molar-refractivity contribution is 5.76. The highest BCUT2D eigenvalue weighted by Crippen LogP contribution is 2.22. The Morgan fingerprint density at radius 3 is 1.90 bits per heavy atom. The van der Waals surface area contributed by atoms with Gasteiger partial charge in [0.15, 0.2) is 6.29 Å². The Labute approximate surface area is 248 Å². The van der Waals surface area contributed by atoms with Gasteiger partial charge in [-0.3, -0.25) is 4.79 Å². The second-order valence-corrected chi connectivity index (χ2v) is 11.6. The summed E-state index contributed by atoms with van der Waals surface area (Å²) in [6.07, 6.45) is 15.6. The van der Waals surface area contributed by atoms with Gasteiger partial charge in [0.25, 0.3) is 0 Å². The molecular formula is C32H61NO8. The maximum absolute atomic E-state index is 12.7. The Balaban J connectivity index is 2.55. The third-order valence-corrected chi connectivity index (χ3v) is 7.86. The van der Waals surface area contributed by atoms with Crippen molar-refractivity contribution >= 4 is 5.91 Å². The van der Waals surface area contributed by atoms with Gasteiger partial charge in [0.2, 0.25) is 5.91 Å². The zero-order valence-electron chi connectivity index (χ0n) is 25.8. The molecule has 1 saturated heterocycles. The number of amides is 1. The number of nitrogens with one attached hydrogen (secondary N) is 1. The molecule has 1 heterocycles. The number of allylic oxidation sites excluding steroid dienone is 1. The van der Waals surface area contributed by atoms with Crippen molar-refractivity contribution in [3.63, 3.8) is 0 Å². The molecule has 1 fully saturated rings. The van der Waals surface area contributed by atoms with E-state index in [1.807, 2.05) is 6.08 Å². The van der Waals surface area contributed by atoms with Crippen molar-refractivity contribution in [1.29, 1.82) is 0 Å². The van der Waals surface area contributed by atoms with Crippen LogP contribution in [0, 0.1) is 0 Å². The fraction of sp³-hybridized carbons (Fsp3) is 0.906. The SMILES string of the molecule is CCCCCCCCCCC/C=C/C(O)C(COC1OC(CO)C(O)C(O)C1O)NC(=O)CCCCCCCCC. The van der Waals surface area contributed by atoms with Crippen LogP contribution in [0.3, 0.4) is 0 Å². The van der Waals surface area contributed by atoms with Gasteiger partial charge in [-0.05, 0) is 19.3 Å². The van der Waals surface area contributed by atoms with Gasteiger partial charge >= 0.3 is 0 Å². The smallest absolute Gasteiger partial charge is 0.220 e. The van der Waals surface area contributed by atoms with Crippen LogP contribution in [0.15, 0.2) is 12.2 Å². The molecule has 1 amide bonds. The van der Waals surface area contributed by atoms with Gasteiger partial charge in [0.1, 0.15) is 24.4 Å². The lowest BCUT2D eigenvalue weighted by Crippen LogP contribution is -2.60. The molecule has 1 aliphatic rings. The van der Waals surface area contributed by atoms with Gasteiger partial charge < -0.3 is 40.3 Å². The molecule has 6 N–H and O–H groups in total. The average Bonchev–Trinajstić information content (AvgIpc) is 2.97.